The third kappa shape index (κ3) is 4.67. The van der Waals surface area contributed by atoms with E-state index in [4.69, 9.17) is 9.84 Å². The van der Waals surface area contributed by atoms with E-state index in [0.717, 1.165) is 61.6 Å². The van der Waals surface area contributed by atoms with Crippen LogP contribution in [-0.2, 0) is 14.8 Å². The summed E-state index contributed by atoms with van der Waals surface area (Å²) < 4.78 is 34.6. The third-order valence-corrected chi connectivity index (χ3v) is 8.15. The zero-order valence-electron chi connectivity index (χ0n) is 19.1. The van der Waals surface area contributed by atoms with Crippen molar-refractivity contribution >= 4 is 38.6 Å². The molecule has 2 aliphatic rings. The maximum absolute atomic E-state index is 12.3. The van der Waals surface area contributed by atoms with E-state index in [-0.39, 0.29) is 5.25 Å². The molecule has 2 N–H and O–H groups in total. The van der Waals surface area contributed by atoms with Gasteiger partial charge in [-0.05, 0) is 61.4 Å². The number of aromatic nitrogens is 3. The van der Waals surface area contributed by atoms with Crippen molar-refractivity contribution in [1.82, 2.24) is 14.6 Å². The van der Waals surface area contributed by atoms with Gasteiger partial charge >= 0.3 is 0 Å². The summed E-state index contributed by atoms with van der Waals surface area (Å²) in [5.74, 6) is 0.472. The SMILES string of the molecule is O=S(=O)(Nc1cccc(-c2ccc3cnc(Nc4ccc(N5CCOCC5)cc4)nn23)c1)C1CC1. The largest absolute Gasteiger partial charge is 0.378 e. The summed E-state index contributed by atoms with van der Waals surface area (Å²) in [6.07, 6.45) is 3.21. The van der Waals surface area contributed by atoms with Gasteiger partial charge in [-0.3, -0.25) is 4.72 Å². The minimum Gasteiger partial charge on any atom is -0.378 e. The van der Waals surface area contributed by atoms with Crippen molar-refractivity contribution in [2.75, 3.05) is 41.2 Å². The molecular weight excluding hydrogens is 464 g/mol. The molecule has 1 saturated carbocycles. The lowest BCUT2D eigenvalue weighted by atomic mass is 10.1. The van der Waals surface area contributed by atoms with E-state index in [1.165, 1.54) is 5.69 Å². The highest BCUT2D eigenvalue weighted by atomic mass is 32.2. The van der Waals surface area contributed by atoms with E-state index in [9.17, 15) is 8.42 Å². The zero-order valence-corrected chi connectivity index (χ0v) is 19.9. The van der Waals surface area contributed by atoms with Crippen LogP contribution in [0.15, 0.2) is 66.9 Å². The van der Waals surface area contributed by atoms with Gasteiger partial charge in [0, 0.05) is 35.7 Å². The molecule has 0 amide bonds. The fraction of sp³-hybridized carbons (Fsp3) is 0.280. The third-order valence-electron chi connectivity index (χ3n) is 6.28. The van der Waals surface area contributed by atoms with Crippen molar-refractivity contribution in [3.8, 4) is 11.3 Å². The summed E-state index contributed by atoms with van der Waals surface area (Å²) in [7, 11) is -3.32. The number of nitrogens with zero attached hydrogens (tertiary/aromatic N) is 4. The molecule has 180 valence electrons. The molecule has 0 atom stereocenters. The Hall–Kier alpha value is -3.63. The normalized spacial score (nSPS) is 16.4. The van der Waals surface area contributed by atoms with Gasteiger partial charge in [-0.25, -0.2) is 17.9 Å². The second kappa shape index (κ2) is 8.86. The van der Waals surface area contributed by atoms with E-state index >= 15 is 0 Å². The lowest BCUT2D eigenvalue weighted by Crippen LogP contribution is -2.36. The molecule has 1 aliphatic heterocycles. The molecule has 2 aromatic carbocycles. The maximum Gasteiger partial charge on any atom is 0.245 e. The number of anilines is 4. The van der Waals surface area contributed by atoms with Crippen LogP contribution in [0.4, 0.5) is 23.0 Å². The first-order valence-electron chi connectivity index (χ1n) is 11.7. The fourth-order valence-corrected chi connectivity index (χ4v) is 5.63. The van der Waals surface area contributed by atoms with Gasteiger partial charge < -0.3 is 15.0 Å². The van der Waals surface area contributed by atoms with Crippen LogP contribution in [0.3, 0.4) is 0 Å². The molecule has 0 unspecified atom stereocenters. The van der Waals surface area contributed by atoms with Crippen molar-refractivity contribution in [2.24, 2.45) is 0 Å². The van der Waals surface area contributed by atoms with Gasteiger partial charge in [0.1, 0.15) is 0 Å². The lowest BCUT2D eigenvalue weighted by Gasteiger charge is -2.28. The van der Waals surface area contributed by atoms with Crippen molar-refractivity contribution in [2.45, 2.75) is 18.1 Å². The van der Waals surface area contributed by atoms with Crippen molar-refractivity contribution < 1.29 is 13.2 Å². The second-order valence-electron chi connectivity index (χ2n) is 8.84. The monoisotopic (exact) mass is 490 g/mol. The highest BCUT2D eigenvalue weighted by molar-refractivity contribution is 7.93. The van der Waals surface area contributed by atoms with E-state index in [2.05, 4.69) is 32.1 Å². The first-order chi connectivity index (χ1) is 17.0. The highest BCUT2D eigenvalue weighted by Crippen LogP contribution is 2.31. The maximum atomic E-state index is 12.3. The van der Waals surface area contributed by atoms with Gasteiger partial charge in [0.2, 0.25) is 16.0 Å². The Balaban J connectivity index is 1.23. The molecule has 4 aromatic rings. The predicted octanol–water partition coefficient (Wildman–Crippen LogP) is 3.88. The Morgan fingerprint density at radius 3 is 2.51 bits per heavy atom. The van der Waals surface area contributed by atoms with Crippen LogP contribution in [0.2, 0.25) is 0 Å². The quantitative estimate of drug-likeness (QED) is 0.405. The summed E-state index contributed by atoms with van der Waals surface area (Å²) in [5.41, 5.74) is 5.17. The Labute approximate surface area is 203 Å². The zero-order chi connectivity index (χ0) is 23.8. The molecule has 0 bridgehead atoms. The Kier molecular flexibility index (Phi) is 5.54. The summed E-state index contributed by atoms with van der Waals surface area (Å²) in [4.78, 5) is 6.76. The molecule has 2 fully saturated rings. The highest BCUT2D eigenvalue weighted by Gasteiger charge is 2.35. The molecule has 6 rings (SSSR count). The average molecular weight is 491 g/mol. The van der Waals surface area contributed by atoms with Crippen LogP contribution in [0.1, 0.15) is 12.8 Å². The van der Waals surface area contributed by atoms with Gasteiger partial charge in [0.15, 0.2) is 0 Å². The Morgan fingerprint density at radius 2 is 1.74 bits per heavy atom. The first-order valence-corrected chi connectivity index (χ1v) is 13.3. The molecule has 2 aromatic heterocycles. The number of ether oxygens (including phenoxy) is 1. The van der Waals surface area contributed by atoms with Gasteiger partial charge in [0.05, 0.1) is 35.9 Å². The number of hydrogen-bond acceptors (Lipinski definition) is 7. The number of fused-ring (bicyclic) bond motifs is 1. The van der Waals surface area contributed by atoms with E-state index in [0.29, 0.717) is 11.6 Å². The summed E-state index contributed by atoms with van der Waals surface area (Å²) in [6.45, 7) is 3.29. The Morgan fingerprint density at radius 1 is 0.943 bits per heavy atom. The van der Waals surface area contributed by atoms with Gasteiger partial charge in [0.25, 0.3) is 0 Å². The predicted molar refractivity (Wildman–Crippen MR) is 137 cm³/mol. The van der Waals surface area contributed by atoms with Crippen molar-refractivity contribution in [3.05, 3.63) is 66.9 Å². The minimum absolute atomic E-state index is 0.274. The van der Waals surface area contributed by atoms with Crippen LogP contribution >= 0.6 is 0 Å². The number of morpholine rings is 1. The molecule has 0 spiro atoms. The van der Waals surface area contributed by atoms with Gasteiger partial charge in [-0.1, -0.05) is 12.1 Å². The number of benzene rings is 2. The smallest absolute Gasteiger partial charge is 0.245 e. The van der Waals surface area contributed by atoms with E-state index in [1.807, 2.05) is 47.0 Å². The molecule has 9 nitrogen and oxygen atoms in total. The average Bonchev–Trinajstić information content (AvgIpc) is 3.66. The Bertz CT molecular complexity index is 1460. The lowest BCUT2D eigenvalue weighted by molar-refractivity contribution is 0.122. The number of sulfonamides is 1. The minimum atomic E-state index is -3.32. The molecule has 1 aliphatic carbocycles. The fourth-order valence-electron chi connectivity index (χ4n) is 4.25. The van der Waals surface area contributed by atoms with Crippen molar-refractivity contribution in [3.63, 3.8) is 0 Å². The van der Waals surface area contributed by atoms with Crippen LogP contribution in [0, 0.1) is 0 Å². The summed E-state index contributed by atoms with van der Waals surface area (Å²) in [6, 6.07) is 19.5. The number of hydrogen-bond donors (Lipinski definition) is 2. The molecule has 0 radical (unpaired) electrons. The van der Waals surface area contributed by atoms with Crippen LogP contribution in [0.25, 0.3) is 16.8 Å². The van der Waals surface area contributed by atoms with Crippen LogP contribution in [0.5, 0.6) is 0 Å². The van der Waals surface area contributed by atoms with Crippen molar-refractivity contribution in [1.29, 1.82) is 0 Å². The molecule has 1 saturated heterocycles. The van der Waals surface area contributed by atoms with Gasteiger partial charge in [-0.15, -0.1) is 5.10 Å². The topological polar surface area (TPSA) is 101 Å². The number of nitrogens with one attached hydrogen (secondary N) is 2. The summed E-state index contributed by atoms with van der Waals surface area (Å²) in [5, 5.41) is 7.70. The first kappa shape index (κ1) is 21.9. The molecule has 10 heteroatoms. The molecule has 3 heterocycles. The summed E-state index contributed by atoms with van der Waals surface area (Å²) >= 11 is 0. The van der Waals surface area contributed by atoms with E-state index in [1.54, 1.807) is 12.3 Å². The standard InChI is InChI=1S/C25H26N6O3S/c32-35(33,23-9-10-23)29-20-3-1-2-18(16-20)24-11-8-22-17-26-25(28-31(22)24)27-19-4-6-21(7-5-19)30-12-14-34-15-13-30/h1-8,11,16-17,23,29H,9-10,12-15H2,(H,27,28). The molecule has 35 heavy (non-hydrogen) atoms. The van der Waals surface area contributed by atoms with Gasteiger partial charge in [-0.2, -0.15) is 0 Å². The second-order valence-corrected chi connectivity index (χ2v) is 10.8. The number of rotatable bonds is 7. The van der Waals surface area contributed by atoms with Crippen LogP contribution in [-0.4, -0.2) is 54.6 Å². The molecular formula is C25H26N6O3S. The van der Waals surface area contributed by atoms with E-state index < -0.39 is 10.0 Å². The van der Waals surface area contributed by atoms with Crippen LogP contribution < -0.4 is 14.9 Å².